The van der Waals surface area contributed by atoms with Crippen LogP contribution in [0.5, 0.6) is 0 Å². The minimum absolute atomic E-state index is 0.109. The molecule has 0 amide bonds. The van der Waals surface area contributed by atoms with Gasteiger partial charge >= 0.3 is 0 Å². The van der Waals surface area contributed by atoms with E-state index in [1.165, 1.54) is 0 Å². The van der Waals surface area contributed by atoms with Crippen LogP contribution in [-0.2, 0) is 0 Å². The molecule has 0 aliphatic heterocycles. The van der Waals surface area contributed by atoms with E-state index in [0.717, 1.165) is 30.8 Å². The van der Waals surface area contributed by atoms with Gasteiger partial charge in [0.05, 0.1) is 6.61 Å². The van der Waals surface area contributed by atoms with Gasteiger partial charge in [-0.25, -0.2) is 15.8 Å². The highest BCUT2D eigenvalue weighted by atomic mass is 16.3. The molecule has 1 heterocycles. The first-order chi connectivity index (χ1) is 8.63. The van der Waals surface area contributed by atoms with Gasteiger partial charge in [-0.3, -0.25) is 0 Å². The molecule has 0 atom stereocenters. The fourth-order valence-electron chi connectivity index (χ4n) is 1.86. The Kier molecular flexibility index (Phi) is 5.80. The Morgan fingerprint density at radius 3 is 2.56 bits per heavy atom. The summed E-state index contributed by atoms with van der Waals surface area (Å²) in [4.78, 5) is 10.8. The number of hydrazine groups is 1. The molecule has 6 heteroatoms. The lowest BCUT2D eigenvalue weighted by Gasteiger charge is -2.25. The lowest BCUT2D eigenvalue weighted by molar-refractivity contribution is 0.301. The molecule has 0 bridgehead atoms. The Labute approximate surface area is 108 Å². The lowest BCUT2D eigenvalue weighted by Crippen LogP contribution is -2.30. The third-order valence-electron chi connectivity index (χ3n) is 2.82. The van der Waals surface area contributed by atoms with E-state index in [1.807, 2.05) is 13.8 Å². The van der Waals surface area contributed by atoms with Crippen LogP contribution in [0.25, 0.3) is 0 Å². The monoisotopic (exact) mass is 253 g/mol. The van der Waals surface area contributed by atoms with Crippen LogP contribution in [0.4, 0.5) is 11.6 Å². The third-order valence-corrected chi connectivity index (χ3v) is 2.82. The van der Waals surface area contributed by atoms with Gasteiger partial charge in [-0.15, -0.1) is 0 Å². The molecule has 6 nitrogen and oxygen atoms in total. The highest BCUT2D eigenvalue weighted by molar-refractivity contribution is 5.58. The Hall–Kier alpha value is -1.40. The number of aromatic nitrogens is 2. The van der Waals surface area contributed by atoms with Gasteiger partial charge in [0.15, 0.2) is 0 Å². The van der Waals surface area contributed by atoms with E-state index in [9.17, 15) is 0 Å². The van der Waals surface area contributed by atoms with E-state index in [1.54, 1.807) is 0 Å². The number of anilines is 2. The van der Waals surface area contributed by atoms with Gasteiger partial charge in [-0.2, -0.15) is 0 Å². The highest BCUT2D eigenvalue weighted by Crippen LogP contribution is 2.23. The number of hydrogen-bond donors (Lipinski definition) is 3. The molecule has 0 radical (unpaired) electrons. The zero-order valence-electron chi connectivity index (χ0n) is 11.4. The number of rotatable bonds is 7. The zero-order valence-corrected chi connectivity index (χ0v) is 11.4. The normalized spacial score (nSPS) is 10.5. The van der Waals surface area contributed by atoms with Crippen LogP contribution >= 0.6 is 0 Å². The summed E-state index contributed by atoms with van der Waals surface area (Å²) >= 11 is 0. The summed E-state index contributed by atoms with van der Waals surface area (Å²) in [6, 6.07) is 0. The molecule has 1 rings (SSSR count). The molecule has 1 aromatic rings. The first-order valence-electron chi connectivity index (χ1n) is 6.31. The second kappa shape index (κ2) is 7.13. The van der Waals surface area contributed by atoms with Crippen molar-refractivity contribution < 1.29 is 5.11 Å². The molecule has 0 aliphatic carbocycles. The average molecular weight is 253 g/mol. The van der Waals surface area contributed by atoms with Crippen molar-refractivity contribution in [3.05, 3.63) is 11.4 Å². The number of hydrogen-bond acceptors (Lipinski definition) is 6. The van der Waals surface area contributed by atoms with Crippen LogP contribution in [0.2, 0.25) is 0 Å². The van der Waals surface area contributed by atoms with E-state index in [2.05, 4.69) is 27.2 Å². The SMILES string of the molecule is CCCCN(CCO)c1nc(C)nc(NN)c1C. The van der Waals surface area contributed by atoms with E-state index in [4.69, 9.17) is 10.9 Å². The Morgan fingerprint density at radius 2 is 2.00 bits per heavy atom. The van der Waals surface area contributed by atoms with Crippen LogP contribution in [0.15, 0.2) is 0 Å². The molecular formula is C12H23N5O. The number of nitrogens with two attached hydrogens (primary N) is 1. The average Bonchev–Trinajstić information content (AvgIpc) is 2.37. The number of unbranched alkanes of at least 4 members (excludes halogenated alkanes) is 1. The van der Waals surface area contributed by atoms with Crippen LogP contribution < -0.4 is 16.2 Å². The maximum absolute atomic E-state index is 9.16. The summed E-state index contributed by atoms with van der Waals surface area (Å²) in [5.41, 5.74) is 3.50. The first-order valence-corrected chi connectivity index (χ1v) is 6.31. The quantitative estimate of drug-likeness (QED) is 0.496. The molecule has 1 aromatic heterocycles. The van der Waals surface area contributed by atoms with E-state index >= 15 is 0 Å². The molecule has 102 valence electrons. The second-order valence-corrected chi connectivity index (χ2v) is 4.28. The fraction of sp³-hybridized carbons (Fsp3) is 0.667. The van der Waals surface area contributed by atoms with Crippen LogP contribution in [0.1, 0.15) is 31.2 Å². The van der Waals surface area contributed by atoms with Crippen molar-refractivity contribution in [1.82, 2.24) is 9.97 Å². The minimum Gasteiger partial charge on any atom is -0.395 e. The van der Waals surface area contributed by atoms with Gasteiger partial charge in [-0.1, -0.05) is 13.3 Å². The van der Waals surface area contributed by atoms with Gasteiger partial charge in [0, 0.05) is 18.7 Å². The molecule has 18 heavy (non-hydrogen) atoms. The van der Waals surface area contributed by atoms with Crippen molar-refractivity contribution >= 4 is 11.6 Å². The smallest absolute Gasteiger partial charge is 0.148 e. The molecule has 0 saturated carbocycles. The third kappa shape index (κ3) is 3.54. The predicted molar refractivity (Wildman–Crippen MR) is 73.5 cm³/mol. The van der Waals surface area contributed by atoms with E-state index in [0.29, 0.717) is 18.2 Å². The van der Waals surface area contributed by atoms with Crippen LogP contribution in [0.3, 0.4) is 0 Å². The number of nitrogens with one attached hydrogen (secondary N) is 1. The van der Waals surface area contributed by atoms with Gasteiger partial charge in [0.1, 0.15) is 17.5 Å². The number of aliphatic hydroxyl groups is 1. The standard InChI is InChI=1S/C12H23N5O/c1-4-5-6-17(7-8-18)12-9(2)11(16-13)14-10(3)15-12/h18H,4-8,13H2,1-3H3,(H,14,15,16). The summed E-state index contributed by atoms with van der Waals surface area (Å²) in [5, 5.41) is 9.16. The molecule has 0 aliphatic rings. The van der Waals surface area contributed by atoms with Crippen molar-refractivity contribution in [1.29, 1.82) is 0 Å². The number of nitrogens with zero attached hydrogens (tertiary/aromatic N) is 3. The van der Waals surface area contributed by atoms with Crippen LogP contribution in [-0.4, -0.2) is 34.8 Å². The maximum Gasteiger partial charge on any atom is 0.148 e. The van der Waals surface area contributed by atoms with Crippen molar-refractivity contribution in [2.75, 3.05) is 30.0 Å². The summed E-state index contributed by atoms with van der Waals surface area (Å²) < 4.78 is 0. The number of aryl methyl sites for hydroxylation is 1. The topological polar surface area (TPSA) is 87.3 Å². The van der Waals surface area contributed by atoms with E-state index in [-0.39, 0.29) is 6.61 Å². The highest BCUT2D eigenvalue weighted by Gasteiger charge is 2.14. The van der Waals surface area contributed by atoms with Crippen molar-refractivity contribution in [3.63, 3.8) is 0 Å². The van der Waals surface area contributed by atoms with Gasteiger partial charge in [-0.05, 0) is 20.3 Å². The van der Waals surface area contributed by atoms with Gasteiger partial charge in [0.2, 0.25) is 0 Å². The predicted octanol–water partition coefficient (Wildman–Crippen LogP) is 0.978. The van der Waals surface area contributed by atoms with Crippen molar-refractivity contribution in [2.24, 2.45) is 5.84 Å². The second-order valence-electron chi connectivity index (χ2n) is 4.28. The zero-order chi connectivity index (χ0) is 13.5. The van der Waals surface area contributed by atoms with Crippen molar-refractivity contribution in [3.8, 4) is 0 Å². The Balaban J connectivity index is 3.05. The molecule has 0 saturated heterocycles. The molecule has 4 N–H and O–H groups in total. The molecule has 0 unspecified atom stereocenters. The fourth-order valence-corrected chi connectivity index (χ4v) is 1.86. The summed E-state index contributed by atoms with van der Waals surface area (Å²) in [7, 11) is 0. The molecular weight excluding hydrogens is 230 g/mol. The Morgan fingerprint density at radius 1 is 1.28 bits per heavy atom. The van der Waals surface area contributed by atoms with Crippen LogP contribution in [0, 0.1) is 13.8 Å². The lowest BCUT2D eigenvalue weighted by atomic mass is 10.2. The summed E-state index contributed by atoms with van der Waals surface area (Å²) in [6.45, 7) is 7.46. The largest absolute Gasteiger partial charge is 0.395 e. The number of nitrogen functional groups attached to an aromatic ring is 1. The molecule has 0 fully saturated rings. The van der Waals surface area contributed by atoms with E-state index < -0.39 is 0 Å². The summed E-state index contributed by atoms with van der Waals surface area (Å²) in [5.74, 6) is 7.61. The number of aliphatic hydroxyl groups excluding tert-OH is 1. The van der Waals surface area contributed by atoms with Gasteiger partial charge in [0.25, 0.3) is 0 Å². The first kappa shape index (κ1) is 14.7. The Bertz CT molecular complexity index is 383. The maximum atomic E-state index is 9.16. The minimum atomic E-state index is 0.109. The molecule has 0 aromatic carbocycles. The summed E-state index contributed by atoms with van der Waals surface area (Å²) in [6.07, 6.45) is 2.17. The van der Waals surface area contributed by atoms with Crippen molar-refractivity contribution in [2.45, 2.75) is 33.6 Å². The van der Waals surface area contributed by atoms with Gasteiger partial charge < -0.3 is 15.4 Å². The molecule has 0 spiro atoms.